The molecule has 3 N–H and O–H groups in total. The Morgan fingerprint density at radius 1 is 1.41 bits per heavy atom. The third-order valence-electron chi connectivity index (χ3n) is 4.52. The van der Waals surface area contributed by atoms with Crippen LogP contribution in [-0.2, 0) is 0 Å². The first-order chi connectivity index (χ1) is 8.04. The van der Waals surface area contributed by atoms with Crippen molar-refractivity contribution >= 4 is 0 Å². The van der Waals surface area contributed by atoms with Gasteiger partial charge >= 0.3 is 0 Å². The lowest BCUT2D eigenvalue weighted by Gasteiger charge is -2.47. The number of hydrogen-bond donors (Lipinski definition) is 2. The summed E-state index contributed by atoms with van der Waals surface area (Å²) >= 11 is 0. The number of likely N-dealkylation sites (N-methyl/N-ethyl adjacent to an activating group) is 1. The van der Waals surface area contributed by atoms with E-state index in [0.717, 1.165) is 38.9 Å². The number of hydrogen-bond acceptors (Lipinski definition) is 4. The van der Waals surface area contributed by atoms with E-state index in [1.54, 1.807) is 0 Å². The average Bonchev–Trinajstić information content (AvgIpc) is 2.29. The molecule has 3 atom stereocenters. The molecule has 1 heterocycles. The molecular formula is C13H27N3O. The molecule has 1 saturated heterocycles. The standard InChI is InChI=1S/C13H27N3O/c1-11-9-15(2)6-7-16(11)12-4-3-5-13(14,8-12)10-17/h11-12,17H,3-10,14H2,1-2H3. The van der Waals surface area contributed by atoms with Gasteiger partial charge in [0.1, 0.15) is 0 Å². The topological polar surface area (TPSA) is 52.7 Å². The Bertz CT molecular complexity index is 261. The number of rotatable bonds is 2. The number of piperazine rings is 1. The van der Waals surface area contributed by atoms with Crippen LogP contribution in [0.1, 0.15) is 32.6 Å². The van der Waals surface area contributed by atoms with Gasteiger partial charge in [-0.1, -0.05) is 0 Å². The lowest BCUT2D eigenvalue weighted by atomic mass is 9.79. The summed E-state index contributed by atoms with van der Waals surface area (Å²) in [5, 5.41) is 9.42. The van der Waals surface area contributed by atoms with E-state index in [9.17, 15) is 5.11 Å². The molecule has 100 valence electrons. The molecular weight excluding hydrogens is 214 g/mol. The van der Waals surface area contributed by atoms with Crippen LogP contribution in [0.4, 0.5) is 0 Å². The van der Waals surface area contributed by atoms with Gasteiger partial charge in [-0.25, -0.2) is 0 Å². The predicted molar refractivity (Wildman–Crippen MR) is 69.9 cm³/mol. The molecule has 0 aromatic rings. The largest absolute Gasteiger partial charge is 0.394 e. The number of aliphatic hydroxyl groups is 1. The number of nitrogens with zero attached hydrogens (tertiary/aromatic N) is 2. The maximum Gasteiger partial charge on any atom is 0.0611 e. The van der Waals surface area contributed by atoms with Crippen molar-refractivity contribution in [2.75, 3.05) is 33.3 Å². The van der Waals surface area contributed by atoms with Crippen molar-refractivity contribution in [2.24, 2.45) is 5.73 Å². The van der Waals surface area contributed by atoms with Gasteiger partial charge in [0.15, 0.2) is 0 Å². The highest BCUT2D eigenvalue weighted by Gasteiger charge is 2.37. The van der Waals surface area contributed by atoms with Gasteiger partial charge in [-0.2, -0.15) is 0 Å². The van der Waals surface area contributed by atoms with Crippen LogP contribution in [0.15, 0.2) is 0 Å². The molecule has 3 unspecified atom stereocenters. The Labute approximate surface area is 105 Å². The van der Waals surface area contributed by atoms with Crippen molar-refractivity contribution in [2.45, 2.75) is 50.2 Å². The normalized spacial score (nSPS) is 41.6. The van der Waals surface area contributed by atoms with Crippen LogP contribution < -0.4 is 5.73 Å². The zero-order valence-corrected chi connectivity index (χ0v) is 11.2. The third-order valence-corrected chi connectivity index (χ3v) is 4.52. The molecule has 4 nitrogen and oxygen atoms in total. The molecule has 0 aromatic carbocycles. The Morgan fingerprint density at radius 2 is 2.18 bits per heavy atom. The minimum Gasteiger partial charge on any atom is -0.394 e. The van der Waals surface area contributed by atoms with Crippen LogP contribution in [0.25, 0.3) is 0 Å². The van der Waals surface area contributed by atoms with E-state index in [-0.39, 0.29) is 12.1 Å². The summed E-state index contributed by atoms with van der Waals surface area (Å²) in [7, 11) is 2.19. The molecule has 2 fully saturated rings. The number of nitrogens with two attached hydrogens (primary N) is 1. The average molecular weight is 241 g/mol. The lowest BCUT2D eigenvalue weighted by molar-refractivity contribution is 0.0198. The second kappa shape index (κ2) is 5.22. The quantitative estimate of drug-likeness (QED) is 0.728. The van der Waals surface area contributed by atoms with Crippen LogP contribution in [0.3, 0.4) is 0 Å². The van der Waals surface area contributed by atoms with Crippen molar-refractivity contribution in [1.29, 1.82) is 0 Å². The van der Waals surface area contributed by atoms with Crippen molar-refractivity contribution in [1.82, 2.24) is 9.80 Å². The first kappa shape index (κ1) is 13.3. The van der Waals surface area contributed by atoms with Crippen LogP contribution in [0, 0.1) is 0 Å². The second-order valence-corrected chi connectivity index (χ2v) is 6.12. The van der Waals surface area contributed by atoms with Gasteiger partial charge in [0.25, 0.3) is 0 Å². The molecule has 4 heteroatoms. The van der Waals surface area contributed by atoms with Gasteiger partial charge in [0.2, 0.25) is 0 Å². The van der Waals surface area contributed by atoms with E-state index in [0.29, 0.717) is 12.1 Å². The van der Waals surface area contributed by atoms with E-state index >= 15 is 0 Å². The first-order valence-electron chi connectivity index (χ1n) is 6.88. The summed E-state index contributed by atoms with van der Waals surface area (Å²) in [4.78, 5) is 5.00. The molecule has 17 heavy (non-hydrogen) atoms. The monoisotopic (exact) mass is 241 g/mol. The molecule has 1 aliphatic carbocycles. The van der Waals surface area contributed by atoms with Crippen molar-refractivity contribution in [3.05, 3.63) is 0 Å². The third kappa shape index (κ3) is 2.99. The minimum absolute atomic E-state index is 0.131. The molecule has 0 amide bonds. The zero-order valence-electron chi connectivity index (χ0n) is 11.2. The van der Waals surface area contributed by atoms with E-state index in [1.807, 2.05) is 0 Å². The summed E-state index contributed by atoms with van der Waals surface area (Å²) in [5.41, 5.74) is 5.91. The SMILES string of the molecule is CC1CN(C)CCN1C1CCCC(N)(CO)C1. The van der Waals surface area contributed by atoms with E-state index in [2.05, 4.69) is 23.8 Å². The second-order valence-electron chi connectivity index (χ2n) is 6.12. The smallest absolute Gasteiger partial charge is 0.0611 e. The van der Waals surface area contributed by atoms with Crippen LogP contribution in [-0.4, -0.2) is 65.8 Å². The van der Waals surface area contributed by atoms with Crippen LogP contribution in [0.2, 0.25) is 0 Å². The van der Waals surface area contributed by atoms with Gasteiger partial charge in [0, 0.05) is 37.3 Å². The molecule has 1 saturated carbocycles. The molecule has 0 spiro atoms. The molecule has 2 aliphatic rings. The Balaban J connectivity index is 1.97. The molecule has 0 radical (unpaired) electrons. The summed E-state index contributed by atoms with van der Waals surface area (Å²) in [6.45, 7) is 5.88. The van der Waals surface area contributed by atoms with Crippen LogP contribution >= 0.6 is 0 Å². The van der Waals surface area contributed by atoms with E-state index in [4.69, 9.17) is 5.73 Å². The lowest BCUT2D eigenvalue weighted by Crippen LogP contribution is -2.59. The Kier molecular flexibility index (Phi) is 4.08. The summed E-state index contributed by atoms with van der Waals surface area (Å²) in [6, 6.07) is 1.18. The van der Waals surface area contributed by atoms with E-state index in [1.165, 1.54) is 6.42 Å². The van der Waals surface area contributed by atoms with Gasteiger partial charge in [-0.3, -0.25) is 4.90 Å². The van der Waals surface area contributed by atoms with Crippen molar-refractivity contribution < 1.29 is 5.11 Å². The summed E-state index contributed by atoms with van der Waals surface area (Å²) in [6.07, 6.45) is 4.33. The van der Waals surface area contributed by atoms with Gasteiger partial charge in [-0.05, 0) is 39.7 Å². The minimum atomic E-state index is -0.327. The summed E-state index contributed by atoms with van der Waals surface area (Å²) in [5.74, 6) is 0. The van der Waals surface area contributed by atoms with Gasteiger partial charge in [0.05, 0.1) is 6.61 Å². The fourth-order valence-corrected chi connectivity index (χ4v) is 3.49. The first-order valence-corrected chi connectivity index (χ1v) is 6.88. The van der Waals surface area contributed by atoms with Gasteiger partial charge in [-0.15, -0.1) is 0 Å². The molecule has 0 bridgehead atoms. The Hall–Kier alpha value is -0.160. The zero-order chi connectivity index (χ0) is 12.5. The molecule has 0 aromatic heterocycles. The van der Waals surface area contributed by atoms with Crippen molar-refractivity contribution in [3.63, 3.8) is 0 Å². The highest BCUT2D eigenvalue weighted by Crippen LogP contribution is 2.30. The predicted octanol–water partition coefficient (Wildman–Crippen LogP) is 0.255. The number of aliphatic hydroxyl groups excluding tert-OH is 1. The highest BCUT2D eigenvalue weighted by atomic mass is 16.3. The fraction of sp³-hybridized carbons (Fsp3) is 1.00. The Morgan fingerprint density at radius 3 is 2.82 bits per heavy atom. The maximum atomic E-state index is 9.42. The summed E-state index contributed by atoms with van der Waals surface area (Å²) < 4.78 is 0. The van der Waals surface area contributed by atoms with Crippen molar-refractivity contribution in [3.8, 4) is 0 Å². The van der Waals surface area contributed by atoms with Gasteiger partial charge < -0.3 is 15.7 Å². The van der Waals surface area contributed by atoms with E-state index < -0.39 is 0 Å². The fourth-order valence-electron chi connectivity index (χ4n) is 3.49. The molecule has 2 rings (SSSR count). The van der Waals surface area contributed by atoms with Crippen LogP contribution in [0.5, 0.6) is 0 Å². The maximum absolute atomic E-state index is 9.42. The highest BCUT2D eigenvalue weighted by molar-refractivity contribution is 4.96. The molecule has 1 aliphatic heterocycles.